The second-order valence-corrected chi connectivity index (χ2v) is 3.47. The summed E-state index contributed by atoms with van der Waals surface area (Å²) in [5, 5.41) is 0. The Bertz CT molecular complexity index is 485. The van der Waals surface area contributed by atoms with Crippen LogP contribution in [0.3, 0.4) is 0 Å². The standard InChI is InChI=1S/C12H8N2O5/c15-9-1-2-10(16)13(9)5-7-19-8-6-14-11(17)3-4-12(14)18/h1-8H. The van der Waals surface area contributed by atoms with E-state index in [1.165, 1.54) is 0 Å². The van der Waals surface area contributed by atoms with Gasteiger partial charge in [-0.25, -0.2) is 9.80 Å². The molecule has 0 N–H and O–H groups in total. The summed E-state index contributed by atoms with van der Waals surface area (Å²) in [6, 6.07) is 0. The number of ether oxygens (including phenoxy) is 1. The van der Waals surface area contributed by atoms with Gasteiger partial charge in [-0.15, -0.1) is 0 Å². The van der Waals surface area contributed by atoms with Crippen molar-refractivity contribution < 1.29 is 23.9 Å². The maximum absolute atomic E-state index is 11.1. The van der Waals surface area contributed by atoms with Crippen molar-refractivity contribution in [3.63, 3.8) is 0 Å². The van der Waals surface area contributed by atoms with Gasteiger partial charge in [0.25, 0.3) is 23.6 Å². The molecule has 2 rings (SSSR count). The molecular weight excluding hydrogens is 252 g/mol. The van der Waals surface area contributed by atoms with Gasteiger partial charge in [-0.05, 0) is 0 Å². The van der Waals surface area contributed by atoms with E-state index >= 15 is 0 Å². The molecule has 0 saturated carbocycles. The van der Waals surface area contributed by atoms with Crippen LogP contribution in [0.15, 0.2) is 49.2 Å². The minimum absolute atomic E-state index is 0.470. The van der Waals surface area contributed by atoms with E-state index in [-0.39, 0.29) is 0 Å². The minimum Gasteiger partial charge on any atom is -0.470 e. The van der Waals surface area contributed by atoms with Crippen LogP contribution in [0.25, 0.3) is 0 Å². The fraction of sp³-hybridized carbons (Fsp3) is 0. The Morgan fingerprint density at radius 3 is 1.32 bits per heavy atom. The first-order valence-corrected chi connectivity index (χ1v) is 5.19. The van der Waals surface area contributed by atoms with E-state index in [0.29, 0.717) is 0 Å². The number of amides is 4. The van der Waals surface area contributed by atoms with Crippen molar-refractivity contribution >= 4 is 23.6 Å². The van der Waals surface area contributed by atoms with Gasteiger partial charge in [-0.3, -0.25) is 19.2 Å². The summed E-state index contributed by atoms with van der Waals surface area (Å²) in [7, 11) is 0. The summed E-state index contributed by atoms with van der Waals surface area (Å²) < 4.78 is 4.84. The predicted octanol–water partition coefficient (Wildman–Crippen LogP) is -0.205. The predicted molar refractivity (Wildman–Crippen MR) is 61.4 cm³/mol. The van der Waals surface area contributed by atoms with Gasteiger partial charge in [-0.2, -0.15) is 0 Å². The van der Waals surface area contributed by atoms with Crippen molar-refractivity contribution in [2.24, 2.45) is 0 Å². The van der Waals surface area contributed by atoms with Gasteiger partial charge >= 0.3 is 0 Å². The number of hydrogen-bond donors (Lipinski definition) is 0. The van der Waals surface area contributed by atoms with Crippen LogP contribution in [-0.2, 0) is 23.9 Å². The summed E-state index contributed by atoms with van der Waals surface area (Å²) in [4.78, 5) is 46.2. The zero-order chi connectivity index (χ0) is 13.8. The first kappa shape index (κ1) is 12.5. The minimum atomic E-state index is -0.470. The van der Waals surface area contributed by atoms with Crippen LogP contribution in [-0.4, -0.2) is 33.4 Å². The molecule has 4 amide bonds. The number of rotatable bonds is 4. The molecule has 0 aromatic heterocycles. The van der Waals surface area contributed by atoms with Gasteiger partial charge in [0.2, 0.25) is 0 Å². The fourth-order valence-corrected chi connectivity index (χ4v) is 1.35. The fourth-order valence-electron chi connectivity index (χ4n) is 1.35. The molecule has 0 bridgehead atoms. The Labute approximate surface area is 107 Å². The summed E-state index contributed by atoms with van der Waals surface area (Å²) in [5.74, 6) is -1.88. The molecule has 0 aliphatic carbocycles. The quantitative estimate of drug-likeness (QED) is 0.516. The highest BCUT2D eigenvalue weighted by atomic mass is 16.5. The molecule has 2 aliphatic rings. The largest absolute Gasteiger partial charge is 0.470 e. The molecule has 19 heavy (non-hydrogen) atoms. The van der Waals surface area contributed by atoms with Gasteiger partial charge in [0.05, 0.1) is 12.4 Å². The van der Waals surface area contributed by atoms with Gasteiger partial charge < -0.3 is 4.74 Å². The monoisotopic (exact) mass is 260 g/mol. The Morgan fingerprint density at radius 1 is 0.684 bits per heavy atom. The summed E-state index contributed by atoms with van der Waals surface area (Å²) in [6.07, 6.45) is 8.98. The molecule has 0 spiro atoms. The molecule has 0 fully saturated rings. The van der Waals surface area contributed by atoms with Crippen molar-refractivity contribution in [1.29, 1.82) is 0 Å². The van der Waals surface area contributed by atoms with Crippen LogP contribution in [0.1, 0.15) is 0 Å². The van der Waals surface area contributed by atoms with Crippen LogP contribution >= 0.6 is 0 Å². The van der Waals surface area contributed by atoms with E-state index in [9.17, 15) is 19.2 Å². The molecule has 96 valence electrons. The lowest BCUT2D eigenvalue weighted by Crippen LogP contribution is -2.24. The lowest BCUT2D eigenvalue weighted by atomic mass is 10.6. The lowest BCUT2D eigenvalue weighted by Gasteiger charge is -2.07. The second kappa shape index (κ2) is 5.13. The molecule has 0 saturated heterocycles. The molecule has 0 aromatic rings. The van der Waals surface area contributed by atoms with Gasteiger partial charge in [0.1, 0.15) is 12.5 Å². The third kappa shape index (κ3) is 2.65. The average Bonchev–Trinajstić information content (AvgIpc) is 2.86. The SMILES string of the molecule is O=C1C=CC(=O)N1C=COC=CN1C(=O)C=CC1=O. The van der Waals surface area contributed by atoms with Crippen LogP contribution in [0, 0.1) is 0 Å². The normalized spacial score (nSPS) is 18.9. The van der Waals surface area contributed by atoms with Gasteiger partial charge in [0, 0.05) is 24.3 Å². The van der Waals surface area contributed by atoms with Crippen molar-refractivity contribution in [2.45, 2.75) is 0 Å². The van der Waals surface area contributed by atoms with Crippen molar-refractivity contribution in [1.82, 2.24) is 9.80 Å². The van der Waals surface area contributed by atoms with E-state index < -0.39 is 23.6 Å². The first-order valence-electron chi connectivity index (χ1n) is 5.19. The molecule has 2 heterocycles. The zero-order valence-electron chi connectivity index (χ0n) is 9.55. The van der Waals surface area contributed by atoms with Gasteiger partial charge in [0.15, 0.2) is 0 Å². The van der Waals surface area contributed by atoms with E-state index in [1.54, 1.807) is 0 Å². The molecule has 0 unspecified atom stereocenters. The lowest BCUT2D eigenvalue weighted by molar-refractivity contribution is -0.135. The summed E-state index contributed by atoms with van der Waals surface area (Å²) >= 11 is 0. The summed E-state index contributed by atoms with van der Waals surface area (Å²) in [5.41, 5.74) is 0. The molecular formula is C12H8N2O5. The highest BCUT2D eigenvalue weighted by Gasteiger charge is 2.21. The Balaban J connectivity index is 1.84. The topological polar surface area (TPSA) is 84.0 Å². The highest BCUT2D eigenvalue weighted by molar-refractivity contribution is 6.14. The van der Waals surface area contributed by atoms with E-state index in [1.807, 2.05) is 0 Å². The van der Waals surface area contributed by atoms with E-state index in [4.69, 9.17) is 4.74 Å². The molecule has 7 nitrogen and oxygen atoms in total. The van der Waals surface area contributed by atoms with Crippen LogP contribution in [0.2, 0.25) is 0 Å². The number of carbonyl (C=O) groups is 4. The molecule has 0 radical (unpaired) electrons. The highest BCUT2D eigenvalue weighted by Crippen LogP contribution is 2.05. The van der Waals surface area contributed by atoms with Crippen molar-refractivity contribution in [3.05, 3.63) is 49.2 Å². The van der Waals surface area contributed by atoms with Crippen molar-refractivity contribution in [2.75, 3.05) is 0 Å². The molecule has 2 aliphatic heterocycles. The number of carbonyl (C=O) groups excluding carboxylic acids is 4. The zero-order valence-corrected chi connectivity index (χ0v) is 9.55. The van der Waals surface area contributed by atoms with E-state index in [2.05, 4.69) is 0 Å². The average molecular weight is 260 g/mol. The van der Waals surface area contributed by atoms with Crippen LogP contribution in [0.4, 0.5) is 0 Å². The maximum Gasteiger partial charge on any atom is 0.257 e. The first-order chi connectivity index (χ1) is 9.09. The van der Waals surface area contributed by atoms with Gasteiger partial charge in [-0.1, -0.05) is 0 Å². The molecule has 0 atom stereocenters. The Kier molecular flexibility index (Phi) is 3.37. The Hall–Kier alpha value is -2.96. The third-order valence-corrected chi connectivity index (χ3v) is 2.26. The number of nitrogens with zero attached hydrogens (tertiary/aromatic N) is 2. The number of imide groups is 2. The summed E-state index contributed by atoms with van der Waals surface area (Å²) in [6.45, 7) is 0. The van der Waals surface area contributed by atoms with Crippen molar-refractivity contribution in [3.8, 4) is 0 Å². The smallest absolute Gasteiger partial charge is 0.257 e. The molecule has 0 aromatic carbocycles. The number of hydrogen-bond acceptors (Lipinski definition) is 5. The maximum atomic E-state index is 11.1. The van der Waals surface area contributed by atoms with Crippen LogP contribution in [0.5, 0.6) is 0 Å². The van der Waals surface area contributed by atoms with E-state index in [0.717, 1.165) is 59.0 Å². The second-order valence-electron chi connectivity index (χ2n) is 3.47. The third-order valence-electron chi connectivity index (χ3n) is 2.26. The van der Waals surface area contributed by atoms with Crippen LogP contribution < -0.4 is 0 Å². The molecule has 7 heteroatoms. The Morgan fingerprint density at radius 2 is 1.00 bits per heavy atom.